The zero-order chi connectivity index (χ0) is 11.7. The average Bonchev–Trinajstić information content (AvgIpc) is 2.66. The molecule has 0 fully saturated rings. The Hall–Kier alpha value is -1.49. The van der Waals surface area contributed by atoms with Crippen molar-refractivity contribution in [3.63, 3.8) is 0 Å². The molecule has 0 unspecified atom stereocenters. The number of benzene rings is 1. The van der Waals surface area contributed by atoms with Gasteiger partial charge in [-0.2, -0.15) is 0 Å². The lowest BCUT2D eigenvalue weighted by molar-refractivity contribution is 0.131. The smallest absolute Gasteiger partial charge is 0.414 e. The SMILES string of the molecule is Cc1cc(Br)ccc1C1=COCN1C(=O)O. The van der Waals surface area contributed by atoms with Gasteiger partial charge in [0.25, 0.3) is 0 Å². The van der Waals surface area contributed by atoms with Gasteiger partial charge in [-0.3, -0.25) is 0 Å². The summed E-state index contributed by atoms with van der Waals surface area (Å²) in [6.45, 7) is 1.99. The number of hydrogen-bond donors (Lipinski definition) is 1. The van der Waals surface area contributed by atoms with E-state index in [1.165, 1.54) is 11.2 Å². The van der Waals surface area contributed by atoms with Crippen molar-refractivity contribution in [2.45, 2.75) is 6.92 Å². The minimum Gasteiger partial charge on any atom is -0.478 e. The van der Waals surface area contributed by atoms with Crippen LogP contribution in [0.15, 0.2) is 28.9 Å². The topological polar surface area (TPSA) is 49.8 Å². The van der Waals surface area contributed by atoms with E-state index in [2.05, 4.69) is 15.9 Å². The summed E-state index contributed by atoms with van der Waals surface area (Å²) in [7, 11) is 0. The van der Waals surface area contributed by atoms with Gasteiger partial charge in [-0.05, 0) is 24.6 Å². The Morgan fingerprint density at radius 2 is 2.31 bits per heavy atom. The molecule has 0 saturated carbocycles. The second kappa shape index (κ2) is 4.17. The number of rotatable bonds is 1. The number of carbonyl (C=O) groups is 1. The summed E-state index contributed by atoms with van der Waals surface area (Å²) in [6.07, 6.45) is 0.468. The third-order valence-electron chi connectivity index (χ3n) is 2.38. The summed E-state index contributed by atoms with van der Waals surface area (Å²) in [5.74, 6) is 0. The van der Waals surface area contributed by atoms with Gasteiger partial charge < -0.3 is 9.84 Å². The van der Waals surface area contributed by atoms with Crippen LogP contribution in [0.25, 0.3) is 5.70 Å². The predicted molar refractivity (Wildman–Crippen MR) is 62.7 cm³/mol. The summed E-state index contributed by atoms with van der Waals surface area (Å²) in [5.41, 5.74) is 2.44. The molecule has 84 valence electrons. The van der Waals surface area contributed by atoms with Gasteiger partial charge in [-0.1, -0.05) is 22.0 Å². The lowest BCUT2D eigenvalue weighted by Gasteiger charge is -2.15. The van der Waals surface area contributed by atoms with E-state index in [9.17, 15) is 4.79 Å². The van der Waals surface area contributed by atoms with Crippen LogP contribution in [0.3, 0.4) is 0 Å². The summed E-state index contributed by atoms with van der Waals surface area (Å²) in [4.78, 5) is 12.1. The van der Waals surface area contributed by atoms with E-state index in [0.29, 0.717) is 5.70 Å². The van der Waals surface area contributed by atoms with Crippen molar-refractivity contribution in [1.82, 2.24) is 4.90 Å². The van der Waals surface area contributed by atoms with E-state index in [4.69, 9.17) is 9.84 Å². The molecule has 1 heterocycles. The van der Waals surface area contributed by atoms with Crippen molar-refractivity contribution < 1.29 is 14.6 Å². The van der Waals surface area contributed by atoms with Crippen molar-refractivity contribution in [2.75, 3.05) is 6.73 Å². The highest BCUT2D eigenvalue weighted by molar-refractivity contribution is 9.10. The summed E-state index contributed by atoms with van der Waals surface area (Å²) in [5, 5.41) is 8.99. The van der Waals surface area contributed by atoms with Crippen LogP contribution in [-0.4, -0.2) is 22.8 Å². The van der Waals surface area contributed by atoms with Crippen LogP contribution in [0.4, 0.5) is 4.79 Å². The molecular weight excluding hydrogens is 274 g/mol. The first-order valence-electron chi connectivity index (χ1n) is 4.68. The maximum Gasteiger partial charge on any atom is 0.414 e. The highest BCUT2D eigenvalue weighted by atomic mass is 79.9. The quantitative estimate of drug-likeness (QED) is 0.862. The molecule has 0 aromatic heterocycles. The average molecular weight is 284 g/mol. The standard InChI is InChI=1S/C11H10BrNO3/c1-7-4-8(12)2-3-9(7)10-5-16-6-13(10)11(14)15/h2-5H,6H2,1H3,(H,14,15). The highest BCUT2D eigenvalue weighted by Gasteiger charge is 2.24. The van der Waals surface area contributed by atoms with Gasteiger partial charge in [0.15, 0.2) is 6.73 Å². The van der Waals surface area contributed by atoms with Gasteiger partial charge in [0.05, 0.1) is 5.70 Å². The monoisotopic (exact) mass is 283 g/mol. The van der Waals surface area contributed by atoms with Gasteiger partial charge in [0.2, 0.25) is 0 Å². The first kappa shape index (κ1) is 11.0. The van der Waals surface area contributed by atoms with E-state index in [1.54, 1.807) is 0 Å². The second-order valence-electron chi connectivity index (χ2n) is 3.47. The van der Waals surface area contributed by atoms with E-state index >= 15 is 0 Å². The highest BCUT2D eigenvalue weighted by Crippen LogP contribution is 2.28. The lowest BCUT2D eigenvalue weighted by Crippen LogP contribution is -2.25. The van der Waals surface area contributed by atoms with Crippen molar-refractivity contribution in [2.24, 2.45) is 0 Å². The van der Waals surface area contributed by atoms with Gasteiger partial charge in [0, 0.05) is 10.0 Å². The Labute approximate surface area is 101 Å². The molecule has 1 aromatic carbocycles. The molecule has 0 radical (unpaired) electrons. The molecule has 0 aliphatic carbocycles. The van der Waals surface area contributed by atoms with Gasteiger partial charge >= 0.3 is 6.09 Å². The minimum absolute atomic E-state index is 0.0557. The van der Waals surface area contributed by atoms with Crippen molar-refractivity contribution in [3.8, 4) is 0 Å². The number of amides is 1. The fourth-order valence-electron chi connectivity index (χ4n) is 1.61. The van der Waals surface area contributed by atoms with Crippen molar-refractivity contribution >= 4 is 27.7 Å². The maximum atomic E-state index is 11.0. The number of aryl methyl sites for hydroxylation is 1. The van der Waals surface area contributed by atoms with Gasteiger partial charge in [-0.15, -0.1) is 0 Å². The molecule has 0 bridgehead atoms. The number of carboxylic acid groups (broad SMARTS) is 1. The summed E-state index contributed by atoms with van der Waals surface area (Å²) in [6, 6.07) is 5.69. The van der Waals surface area contributed by atoms with E-state index < -0.39 is 6.09 Å². The molecule has 16 heavy (non-hydrogen) atoms. The molecule has 1 N–H and O–H groups in total. The Kier molecular flexibility index (Phi) is 2.87. The Morgan fingerprint density at radius 1 is 1.56 bits per heavy atom. The molecule has 1 aromatic rings. The summed E-state index contributed by atoms with van der Waals surface area (Å²) < 4.78 is 6.01. The number of hydrogen-bond acceptors (Lipinski definition) is 2. The van der Waals surface area contributed by atoms with Gasteiger partial charge in [-0.25, -0.2) is 9.69 Å². The molecule has 0 atom stereocenters. The zero-order valence-corrected chi connectivity index (χ0v) is 10.2. The van der Waals surface area contributed by atoms with E-state index in [0.717, 1.165) is 15.6 Å². The molecule has 0 spiro atoms. The third kappa shape index (κ3) is 1.90. The Morgan fingerprint density at radius 3 is 2.94 bits per heavy atom. The van der Waals surface area contributed by atoms with Crippen LogP contribution in [0.5, 0.6) is 0 Å². The lowest BCUT2D eigenvalue weighted by atomic mass is 10.1. The largest absolute Gasteiger partial charge is 0.478 e. The van der Waals surface area contributed by atoms with Crippen LogP contribution in [0.1, 0.15) is 11.1 Å². The van der Waals surface area contributed by atoms with Crippen LogP contribution >= 0.6 is 15.9 Å². The number of halogens is 1. The van der Waals surface area contributed by atoms with Crippen LogP contribution in [0, 0.1) is 6.92 Å². The molecule has 2 rings (SSSR count). The Bertz CT molecular complexity index is 470. The summed E-state index contributed by atoms with van der Waals surface area (Å²) >= 11 is 3.37. The van der Waals surface area contributed by atoms with Crippen LogP contribution in [-0.2, 0) is 4.74 Å². The predicted octanol–water partition coefficient (Wildman–Crippen LogP) is 3.02. The van der Waals surface area contributed by atoms with Crippen molar-refractivity contribution in [3.05, 3.63) is 40.1 Å². The fourth-order valence-corrected chi connectivity index (χ4v) is 2.08. The van der Waals surface area contributed by atoms with E-state index in [1.807, 2.05) is 25.1 Å². The third-order valence-corrected chi connectivity index (χ3v) is 2.88. The zero-order valence-electron chi connectivity index (χ0n) is 8.61. The number of ether oxygens (including phenoxy) is 1. The van der Waals surface area contributed by atoms with Crippen LogP contribution in [0.2, 0.25) is 0 Å². The second-order valence-corrected chi connectivity index (χ2v) is 4.38. The molecule has 4 nitrogen and oxygen atoms in total. The molecule has 0 saturated heterocycles. The maximum absolute atomic E-state index is 11.0. The molecule has 1 amide bonds. The van der Waals surface area contributed by atoms with Crippen LogP contribution < -0.4 is 0 Å². The first-order chi connectivity index (χ1) is 7.59. The van der Waals surface area contributed by atoms with E-state index in [-0.39, 0.29) is 6.73 Å². The van der Waals surface area contributed by atoms with Crippen molar-refractivity contribution in [1.29, 1.82) is 0 Å². The molecule has 5 heteroatoms. The molecule has 1 aliphatic rings. The fraction of sp³-hybridized carbons (Fsp3) is 0.182. The molecule has 1 aliphatic heterocycles. The Balaban J connectivity index is 2.40. The number of nitrogens with zero attached hydrogens (tertiary/aromatic N) is 1. The van der Waals surface area contributed by atoms with Gasteiger partial charge in [0.1, 0.15) is 6.26 Å². The minimum atomic E-state index is -1.01. The molecular formula is C11H10BrNO3. The first-order valence-corrected chi connectivity index (χ1v) is 5.47. The normalized spacial score (nSPS) is 14.6.